The highest BCUT2D eigenvalue weighted by Crippen LogP contribution is 2.12. The fourth-order valence-electron chi connectivity index (χ4n) is 2.38. The summed E-state index contributed by atoms with van der Waals surface area (Å²) in [4.78, 5) is 26.0. The molecular weight excluding hydrogens is 288 g/mol. The Morgan fingerprint density at radius 1 is 0.913 bits per heavy atom. The number of anilines is 1. The highest BCUT2D eigenvalue weighted by Gasteiger charge is 2.12. The fourth-order valence-corrected chi connectivity index (χ4v) is 2.38. The Labute approximate surface area is 137 Å². The van der Waals surface area contributed by atoms with Gasteiger partial charge in [0.25, 0.3) is 5.91 Å². The predicted molar refractivity (Wildman–Crippen MR) is 92.5 cm³/mol. The van der Waals surface area contributed by atoms with Crippen molar-refractivity contribution in [1.82, 2.24) is 4.90 Å². The Morgan fingerprint density at radius 3 is 2.09 bits per heavy atom. The maximum Gasteiger partial charge on any atom is 0.253 e. The van der Waals surface area contributed by atoms with Gasteiger partial charge in [-0.1, -0.05) is 30.3 Å². The first kappa shape index (κ1) is 16.7. The van der Waals surface area contributed by atoms with Crippen molar-refractivity contribution in [3.05, 3.63) is 65.7 Å². The minimum Gasteiger partial charge on any atom is -0.339 e. The summed E-state index contributed by atoms with van der Waals surface area (Å²) >= 11 is 0. The summed E-state index contributed by atoms with van der Waals surface area (Å²) in [6.45, 7) is 5.29. The van der Waals surface area contributed by atoms with E-state index in [1.54, 1.807) is 29.2 Å². The van der Waals surface area contributed by atoms with Gasteiger partial charge < -0.3 is 10.2 Å². The molecule has 2 aromatic carbocycles. The maximum absolute atomic E-state index is 12.2. The molecule has 4 heteroatoms. The Balaban J connectivity index is 1.97. The van der Waals surface area contributed by atoms with Crippen molar-refractivity contribution in [3.63, 3.8) is 0 Å². The van der Waals surface area contributed by atoms with Crippen LogP contribution in [0.1, 0.15) is 29.8 Å². The van der Waals surface area contributed by atoms with E-state index in [4.69, 9.17) is 0 Å². The van der Waals surface area contributed by atoms with Crippen molar-refractivity contribution in [3.8, 4) is 0 Å². The lowest BCUT2D eigenvalue weighted by Crippen LogP contribution is -2.30. The molecule has 23 heavy (non-hydrogen) atoms. The lowest BCUT2D eigenvalue weighted by Gasteiger charge is -2.18. The second-order valence-corrected chi connectivity index (χ2v) is 5.27. The van der Waals surface area contributed by atoms with Gasteiger partial charge in [-0.3, -0.25) is 9.59 Å². The van der Waals surface area contributed by atoms with Crippen molar-refractivity contribution in [1.29, 1.82) is 0 Å². The summed E-state index contributed by atoms with van der Waals surface area (Å²) in [5, 5.41) is 2.85. The van der Waals surface area contributed by atoms with Gasteiger partial charge in [0.05, 0.1) is 6.42 Å². The number of rotatable bonds is 6. The van der Waals surface area contributed by atoms with Crippen LogP contribution < -0.4 is 5.32 Å². The van der Waals surface area contributed by atoms with E-state index in [2.05, 4.69) is 5.32 Å². The van der Waals surface area contributed by atoms with Crippen molar-refractivity contribution < 1.29 is 9.59 Å². The van der Waals surface area contributed by atoms with E-state index in [1.165, 1.54) is 0 Å². The highest BCUT2D eigenvalue weighted by atomic mass is 16.2. The summed E-state index contributed by atoms with van der Waals surface area (Å²) < 4.78 is 0. The molecule has 2 rings (SSSR count). The van der Waals surface area contributed by atoms with Crippen molar-refractivity contribution in [2.24, 2.45) is 0 Å². The molecule has 0 heterocycles. The molecule has 0 saturated carbocycles. The number of benzene rings is 2. The molecule has 0 fully saturated rings. The first-order chi connectivity index (χ1) is 11.1. The van der Waals surface area contributed by atoms with Crippen molar-refractivity contribution in [2.75, 3.05) is 18.4 Å². The van der Waals surface area contributed by atoms with Crippen LogP contribution in [0, 0.1) is 0 Å². The van der Waals surface area contributed by atoms with Gasteiger partial charge in [0.1, 0.15) is 0 Å². The molecule has 0 unspecified atom stereocenters. The lowest BCUT2D eigenvalue weighted by atomic mass is 10.1. The molecule has 120 valence electrons. The van der Waals surface area contributed by atoms with Gasteiger partial charge in [-0.25, -0.2) is 0 Å². The Bertz CT molecular complexity index is 647. The average molecular weight is 310 g/mol. The molecule has 0 aliphatic heterocycles. The number of carbonyl (C=O) groups excluding carboxylic acids is 2. The summed E-state index contributed by atoms with van der Waals surface area (Å²) in [6.07, 6.45) is 0.334. The average Bonchev–Trinajstić information content (AvgIpc) is 2.57. The molecule has 0 aromatic heterocycles. The van der Waals surface area contributed by atoms with Crippen LogP contribution >= 0.6 is 0 Å². The number of amides is 2. The van der Waals surface area contributed by atoms with Gasteiger partial charge in [-0.05, 0) is 43.7 Å². The number of hydrogen-bond acceptors (Lipinski definition) is 2. The van der Waals surface area contributed by atoms with Gasteiger partial charge in [0, 0.05) is 24.3 Å². The minimum atomic E-state index is -0.0704. The van der Waals surface area contributed by atoms with E-state index in [0.29, 0.717) is 30.8 Å². The van der Waals surface area contributed by atoms with E-state index in [1.807, 2.05) is 44.2 Å². The summed E-state index contributed by atoms with van der Waals surface area (Å²) in [5.41, 5.74) is 2.30. The van der Waals surface area contributed by atoms with Crippen LogP contribution in [0.3, 0.4) is 0 Å². The monoisotopic (exact) mass is 310 g/mol. The van der Waals surface area contributed by atoms with Crippen molar-refractivity contribution in [2.45, 2.75) is 20.3 Å². The topological polar surface area (TPSA) is 49.4 Å². The maximum atomic E-state index is 12.2. The number of nitrogens with zero attached hydrogens (tertiary/aromatic N) is 1. The van der Waals surface area contributed by atoms with E-state index in [0.717, 1.165) is 5.56 Å². The normalized spacial score (nSPS) is 10.2. The van der Waals surface area contributed by atoms with E-state index in [-0.39, 0.29) is 11.8 Å². The van der Waals surface area contributed by atoms with Crippen LogP contribution in [0.2, 0.25) is 0 Å². The number of nitrogens with one attached hydrogen (secondary N) is 1. The smallest absolute Gasteiger partial charge is 0.253 e. The largest absolute Gasteiger partial charge is 0.339 e. The molecule has 0 aliphatic carbocycles. The second kappa shape index (κ2) is 8.13. The summed E-state index contributed by atoms with van der Waals surface area (Å²) in [6, 6.07) is 16.6. The third kappa shape index (κ3) is 4.68. The molecule has 1 N–H and O–H groups in total. The fraction of sp³-hybridized carbons (Fsp3) is 0.263. The molecule has 4 nitrogen and oxygen atoms in total. The third-order valence-corrected chi connectivity index (χ3v) is 3.67. The van der Waals surface area contributed by atoms with Crippen LogP contribution in [0.25, 0.3) is 0 Å². The molecule has 0 saturated heterocycles. The Hall–Kier alpha value is -2.62. The molecule has 0 spiro atoms. The summed E-state index contributed by atoms with van der Waals surface area (Å²) in [7, 11) is 0. The zero-order chi connectivity index (χ0) is 16.7. The van der Waals surface area contributed by atoms with Gasteiger partial charge in [0.2, 0.25) is 5.91 Å². The van der Waals surface area contributed by atoms with E-state index >= 15 is 0 Å². The zero-order valence-electron chi connectivity index (χ0n) is 13.6. The molecule has 0 bridgehead atoms. The van der Waals surface area contributed by atoms with Crippen molar-refractivity contribution >= 4 is 17.5 Å². The first-order valence-electron chi connectivity index (χ1n) is 7.87. The van der Waals surface area contributed by atoms with Crippen LogP contribution in [-0.4, -0.2) is 29.8 Å². The highest BCUT2D eigenvalue weighted by molar-refractivity contribution is 5.96. The van der Waals surface area contributed by atoms with Crippen LogP contribution in [0.5, 0.6) is 0 Å². The molecule has 2 amide bonds. The molecule has 0 atom stereocenters. The standard InChI is InChI=1S/C19H22N2O2/c1-3-21(4-2)19(23)16-10-12-17(13-11-16)20-18(22)14-15-8-6-5-7-9-15/h5-13H,3-4,14H2,1-2H3,(H,20,22). The van der Waals surface area contributed by atoms with E-state index in [9.17, 15) is 9.59 Å². The zero-order valence-corrected chi connectivity index (χ0v) is 13.6. The van der Waals surface area contributed by atoms with Crippen LogP contribution in [0.4, 0.5) is 5.69 Å². The van der Waals surface area contributed by atoms with Crippen LogP contribution in [0.15, 0.2) is 54.6 Å². The number of carbonyl (C=O) groups is 2. The van der Waals surface area contributed by atoms with Gasteiger partial charge in [0.15, 0.2) is 0 Å². The number of hydrogen-bond donors (Lipinski definition) is 1. The SMILES string of the molecule is CCN(CC)C(=O)c1ccc(NC(=O)Cc2ccccc2)cc1. The van der Waals surface area contributed by atoms with E-state index < -0.39 is 0 Å². The van der Waals surface area contributed by atoms with Gasteiger partial charge >= 0.3 is 0 Å². The first-order valence-corrected chi connectivity index (χ1v) is 7.87. The molecule has 2 aromatic rings. The minimum absolute atomic E-state index is 0.0113. The summed E-state index contributed by atoms with van der Waals surface area (Å²) in [5.74, 6) is -0.0591. The molecular formula is C19H22N2O2. The van der Waals surface area contributed by atoms with Crippen LogP contribution in [-0.2, 0) is 11.2 Å². The van der Waals surface area contributed by atoms with Gasteiger partial charge in [-0.2, -0.15) is 0 Å². The Kier molecular flexibility index (Phi) is 5.92. The second-order valence-electron chi connectivity index (χ2n) is 5.27. The Morgan fingerprint density at radius 2 is 1.52 bits per heavy atom. The third-order valence-electron chi connectivity index (χ3n) is 3.67. The molecule has 0 radical (unpaired) electrons. The predicted octanol–water partition coefficient (Wildman–Crippen LogP) is 3.35. The molecule has 0 aliphatic rings. The lowest BCUT2D eigenvalue weighted by molar-refractivity contribution is -0.115. The quantitative estimate of drug-likeness (QED) is 0.889. The van der Waals surface area contributed by atoms with Gasteiger partial charge in [-0.15, -0.1) is 0 Å².